The standard InChI is InChI=1S/C17H20FN3O/c18-15-8-4-3-7-14(15)17(13-5-1-2-6-13)20-16(22)11-21-10-9-19-12-21/h3-4,7-10,12-13,17H,1-2,5-6,11H2,(H,20,22)/t17-/m1/s1. The Kier molecular flexibility index (Phi) is 4.51. The van der Waals surface area contributed by atoms with E-state index in [4.69, 9.17) is 0 Å². The normalized spacial score (nSPS) is 16.6. The Morgan fingerprint density at radius 1 is 1.36 bits per heavy atom. The van der Waals surface area contributed by atoms with Gasteiger partial charge in [-0.15, -0.1) is 0 Å². The Morgan fingerprint density at radius 3 is 2.82 bits per heavy atom. The molecule has 0 unspecified atom stereocenters. The second-order valence-corrected chi connectivity index (χ2v) is 5.85. The van der Waals surface area contributed by atoms with E-state index in [1.54, 1.807) is 35.4 Å². The minimum Gasteiger partial charge on any atom is -0.347 e. The lowest BCUT2D eigenvalue weighted by atomic mass is 9.91. The van der Waals surface area contributed by atoms with Gasteiger partial charge in [0.1, 0.15) is 12.4 Å². The van der Waals surface area contributed by atoms with E-state index in [9.17, 15) is 9.18 Å². The average molecular weight is 301 g/mol. The number of aromatic nitrogens is 2. The topological polar surface area (TPSA) is 46.9 Å². The first-order valence-corrected chi connectivity index (χ1v) is 7.73. The molecule has 3 rings (SSSR count). The first-order valence-electron chi connectivity index (χ1n) is 7.73. The van der Waals surface area contributed by atoms with Crippen LogP contribution in [0.25, 0.3) is 0 Å². The smallest absolute Gasteiger partial charge is 0.240 e. The Labute approximate surface area is 129 Å². The van der Waals surface area contributed by atoms with Gasteiger partial charge in [0.05, 0.1) is 12.4 Å². The molecule has 0 bridgehead atoms. The molecular formula is C17H20FN3O. The Hall–Kier alpha value is -2.17. The van der Waals surface area contributed by atoms with E-state index in [1.807, 2.05) is 6.07 Å². The molecule has 1 aromatic heterocycles. The molecule has 1 fully saturated rings. The summed E-state index contributed by atoms with van der Waals surface area (Å²) in [5, 5.41) is 3.03. The van der Waals surface area contributed by atoms with Crippen LogP contribution in [0.5, 0.6) is 0 Å². The van der Waals surface area contributed by atoms with E-state index in [2.05, 4.69) is 10.3 Å². The Bertz CT molecular complexity index is 621. The summed E-state index contributed by atoms with van der Waals surface area (Å²) in [7, 11) is 0. The maximum atomic E-state index is 14.2. The largest absolute Gasteiger partial charge is 0.347 e. The van der Waals surface area contributed by atoms with E-state index in [0.29, 0.717) is 11.5 Å². The van der Waals surface area contributed by atoms with Crippen molar-refractivity contribution in [2.75, 3.05) is 0 Å². The predicted molar refractivity (Wildman–Crippen MR) is 81.5 cm³/mol. The number of benzene rings is 1. The van der Waals surface area contributed by atoms with Crippen molar-refractivity contribution in [2.24, 2.45) is 5.92 Å². The van der Waals surface area contributed by atoms with Crippen molar-refractivity contribution in [3.05, 3.63) is 54.4 Å². The fraction of sp³-hybridized carbons (Fsp3) is 0.412. The van der Waals surface area contributed by atoms with Crippen molar-refractivity contribution in [3.8, 4) is 0 Å². The van der Waals surface area contributed by atoms with Crippen molar-refractivity contribution < 1.29 is 9.18 Å². The summed E-state index contributed by atoms with van der Waals surface area (Å²) in [6.07, 6.45) is 9.34. The summed E-state index contributed by atoms with van der Waals surface area (Å²) in [4.78, 5) is 16.2. The molecule has 1 heterocycles. The second-order valence-electron chi connectivity index (χ2n) is 5.85. The zero-order valence-electron chi connectivity index (χ0n) is 12.4. The quantitative estimate of drug-likeness (QED) is 0.922. The van der Waals surface area contributed by atoms with Gasteiger partial charge < -0.3 is 9.88 Å². The molecule has 0 aliphatic heterocycles. The number of carbonyl (C=O) groups excluding carboxylic acids is 1. The van der Waals surface area contributed by atoms with E-state index in [0.717, 1.165) is 25.7 Å². The zero-order chi connectivity index (χ0) is 15.4. The van der Waals surface area contributed by atoms with Gasteiger partial charge in [0.15, 0.2) is 0 Å². The lowest BCUT2D eigenvalue weighted by Gasteiger charge is -2.25. The van der Waals surface area contributed by atoms with Gasteiger partial charge in [0.25, 0.3) is 0 Å². The second kappa shape index (κ2) is 6.73. The van der Waals surface area contributed by atoms with Gasteiger partial charge in [-0.2, -0.15) is 0 Å². The van der Waals surface area contributed by atoms with Crippen LogP contribution in [-0.4, -0.2) is 15.5 Å². The lowest BCUT2D eigenvalue weighted by molar-refractivity contribution is -0.122. The maximum absolute atomic E-state index is 14.2. The fourth-order valence-corrected chi connectivity index (χ4v) is 3.23. The summed E-state index contributed by atoms with van der Waals surface area (Å²) < 4.78 is 15.9. The zero-order valence-corrected chi connectivity index (χ0v) is 12.4. The van der Waals surface area contributed by atoms with Gasteiger partial charge in [-0.1, -0.05) is 31.0 Å². The summed E-state index contributed by atoms with van der Waals surface area (Å²) >= 11 is 0. The van der Waals surface area contributed by atoms with E-state index in [1.165, 1.54) is 6.07 Å². The molecule has 5 heteroatoms. The molecule has 1 saturated carbocycles. The first-order chi connectivity index (χ1) is 10.7. The number of halogens is 1. The molecular weight excluding hydrogens is 281 g/mol. The predicted octanol–water partition coefficient (Wildman–Crippen LogP) is 3.07. The Balaban J connectivity index is 1.76. The summed E-state index contributed by atoms with van der Waals surface area (Å²) in [5.41, 5.74) is 0.591. The molecule has 1 aliphatic rings. The fourth-order valence-electron chi connectivity index (χ4n) is 3.23. The van der Waals surface area contributed by atoms with Crippen molar-refractivity contribution in [3.63, 3.8) is 0 Å². The molecule has 1 aliphatic carbocycles. The highest BCUT2D eigenvalue weighted by Gasteiger charge is 2.29. The minimum atomic E-state index is -0.250. The summed E-state index contributed by atoms with van der Waals surface area (Å²) in [5.74, 6) is -0.0517. The summed E-state index contributed by atoms with van der Waals surface area (Å²) in [6, 6.07) is 6.48. The van der Waals surface area contributed by atoms with Gasteiger partial charge >= 0.3 is 0 Å². The van der Waals surface area contributed by atoms with Gasteiger partial charge in [-0.05, 0) is 24.8 Å². The van der Waals surface area contributed by atoms with Crippen LogP contribution in [0, 0.1) is 11.7 Å². The summed E-state index contributed by atoms with van der Waals surface area (Å²) in [6.45, 7) is 0.206. The van der Waals surface area contributed by atoms with E-state index >= 15 is 0 Å². The lowest BCUT2D eigenvalue weighted by Crippen LogP contribution is -2.35. The van der Waals surface area contributed by atoms with Gasteiger partial charge in [-0.3, -0.25) is 4.79 Å². The molecule has 0 radical (unpaired) electrons. The number of amides is 1. The highest BCUT2D eigenvalue weighted by atomic mass is 19.1. The molecule has 2 aromatic rings. The maximum Gasteiger partial charge on any atom is 0.240 e. The van der Waals surface area contributed by atoms with Crippen molar-refractivity contribution in [1.29, 1.82) is 0 Å². The highest BCUT2D eigenvalue weighted by molar-refractivity contribution is 5.76. The van der Waals surface area contributed by atoms with Gasteiger partial charge in [0, 0.05) is 18.0 Å². The van der Waals surface area contributed by atoms with Crippen LogP contribution < -0.4 is 5.32 Å². The molecule has 116 valence electrons. The van der Waals surface area contributed by atoms with Crippen LogP contribution in [0.2, 0.25) is 0 Å². The molecule has 22 heavy (non-hydrogen) atoms. The van der Waals surface area contributed by atoms with Crippen LogP contribution in [0.15, 0.2) is 43.0 Å². The van der Waals surface area contributed by atoms with Crippen molar-refractivity contribution >= 4 is 5.91 Å². The number of hydrogen-bond donors (Lipinski definition) is 1. The minimum absolute atomic E-state index is 0.113. The molecule has 4 nitrogen and oxygen atoms in total. The number of nitrogens with zero attached hydrogens (tertiary/aromatic N) is 2. The highest BCUT2D eigenvalue weighted by Crippen LogP contribution is 2.36. The number of imidazole rings is 1. The van der Waals surface area contributed by atoms with Crippen LogP contribution in [0.1, 0.15) is 37.3 Å². The molecule has 0 spiro atoms. The van der Waals surface area contributed by atoms with Crippen molar-refractivity contribution in [2.45, 2.75) is 38.3 Å². The molecule has 1 aromatic carbocycles. The van der Waals surface area contributed by atoms with Gasteiger partial charge in [-0.25, -0.2) is 9.37 Å². The van der Waals surface area contributed by atoms with Crippen LogP contribution >= 0.6 is 0 Å². The Morgan fingerprint density at radius 2 is 2.14 bits per heavy atom. The van der Waals surface area contributed by atoms with E-state index in [-0.39, 0.29) is 24.3 Å². The first kappa shape index (κ1) is 14.8. The number of nitrogens with one attached hydrogen (secondary N) is 1. The van der Waals surface area contributed by atoms with Crippen LogP contribution in [0.3, 0.4) is 0 Å². The molecule has 1 amide bonds. The third-order valence-electron chi connectivity index (χ3n) is 4.31. The van der Waals surface area contributed by atoms with Gasteiger partial charge in [0.2, 0.25) is 5.91 Å². The SMILES string of the molecule is O=C(Cn1ccnc1)N[C@@H](c1ccccc1F)C1CCCC1. The van der Waals surface area contributed by atoms with Crippen LogP contribution in [-0.2, 0) is 11.3 Å². The third kappa shape index (κ3) is 3.35. The number of carbonyl (C=O) groups is 1. The monoisotopic (exact) mass is 301 g/mol. The number of hydrogen-bond acceptors (Lipinski definition) is 2. The van der Waals surface area contributed by atoms with E-state index < -0.39 is 0 Å². The average Bonchev–Trinajstić information content (AvgIpc) is 3.19. The van der Waals surface area contributed by atoms with Crippen LogP contribution in [0.4, 0.5) is 4.39 Å². The molecule has 1 N–H and O–H groups in total. The molecule has 0 saturated heterocycles. The van der Waals surface area contributed by atoms with Crippen molar-refractivity contribution in [1.82, 2.24) is 14.9 Å². The molecule has 1 atom stereocenters. The third-order valence-corrected chi connectivity index (χ3v) is 4.31. The number of rotatable bonds is 5.